The molecule has 0 atom stereocenters. The van der Waals surface area contributed by atoms with Crippen molar-refractivity contribution >= 4 is 17.8 Å². The Morgan fingerprint density at radius 1 is 0.880 bits per heavy atom. The van der Waals surface area contributed by atoms with Crippen molar-refractivity contribution in [1.82, 2.24) is 10.6 Å². The zero-order valence-corrected chi connectivity index (χ0v) is 14.6. The molecule has 5 nitrogen and oxygen atoms in total. The SMILES string of the molecule is O=C1NC(=O)C(CCc2ccccc2)(CCC2CCCCC2)C(=O)N1. The average molecular weight is 342 g/mol. The minimum Gasteiger partial charge on any atom is -0.277 e. The minimum atomic E-state index is -1.14. The largest absolute Gasteiger partial charge is 0.328 e. The summed E-state index contributed by atoms with van der Waals surface area (Å²) in [6, 6.07) is 9.14. The topological polar surface area (TPSA) is 75.3 Å². The van der Waals surface area contributed by atoms with Gasteiger partial charge in [0.15, 0.2) is 0 Å². The third-order valence-electron chi connectivity index (χ3n) is 5.71. The first-order valence-corrected chi connectivity index (χ1v) is 9.31. The van der Waals surface area contributed by atoms with Crippen LogP contribution in [-0.2, 0) is 16.0 Å². The Morgan fingerprint density at radius 2 is 1.52 bits per heavy atom. The highest BCUT2D eigenvalue weighted by Gasteiger charge is 2.49. The van der Waals surface area contributed by atoms with Gasteiger partial charge in [-0.1, -0.05) is 62.4 Å². The van der Waals surface area contributed by atoms with Crippen LogP contribution in [0.15, 0.2) is 30.3 Å². The second-order valence-corrected chi connectivity index (χ2v) is 7.35. The van der Waals surface area contributed by atoms with E-state index in [1.54, 1.807) is 0 Å². The minimum absolute atomic E-state index is 0.425. The molecule has 1 aliphatic carbocycles. The van der Waals surface area contributed by atoms with Crippen LogP contribution in [-0.4, -0.2) is 17.8 Å². The molecule has 0 unspecified atom stereocenters. The molecule has 5 heteroatoms. The van der Waals surface area contributed by atoms with E-state index in [0.29, 0.717) is 25.2 Å². The molecule has 0 spiro atoms. The smallest absolute Gasteiger partial charge is 0.277 e. The lowest BCUT2D eigenvalue weighted by molar-refractivity contribution is -0.145. The van der Waals surface area contributed by atoms with Crippen LogP contribution < -0.4 is 10.6 Å². The number of nitrogens with one attached hydrogen (secondary N) is 2. The van der Waals surface area contributed by atoms with Crippen molar-refractivity contribution in [3.63, 3.8) is 0 Å². The predicted octanol–water partition coefficient (Wildman–Crippen LogP) is 3.33. The van der Waals surface area contributed by atoms with Gasteiger partial charge >= 0.3 is 6.03 Å². The second kappa shape index (κ2) is 7.81. The van der Waals surface area contributed by atoms with Gasteiger partial charge < -0.3 is 0 Å². The summed E-state index contributed by atoms with van der Waals surface area (Å²) in [6.45, 7) is 0. The average Bonchev–Trinajstić information content (AvgIpc) is 2.62. The summed E-state index contributed by atoms with van der Waals surface area (Å²) in [5.74, 6) is -0.290. The van der Waals surface area contributed by atoms with Crippen LogP contribution in [0.5, 0.6) is 0 Å². The molecule has 1 aromatic carbocycles. The first kappa shape index (κ1) is 17.6. The first-order valence-electron chi connectivity index (χ1n) is 9.31. The molecule has 4 amide bonds. The number of aryl methyl sites for hydroxylation is 1. The Balaban J connectivity index is 1.73. The van der Waals surface area contributed by atoms with Crippen molar-refractivity contribution in [2.24, 2.45) is 11.3 Å². The maximum atomic E-state index is 12.6. The lowest BCUT2D eigenvalue weighted by Gasteiger charge is -2.35. The first-order chi connectivity index (χ1) is 12.1. The highest BCUT2D eigenvalue weighted by atomic mass is 16.2. The molecular weight excluding hydrogens is 316 g/mol. The molecule has 1 saturated carbocycles. The Labute approximate surface area is 148 Å². The molecular formula is C20H26N2O3. The van der Waals surface area contributed by atoms with Gasteiger partial charge in [0.05, 0.1) is 0 Å². The van der Waals surface area contributed by atoms with Crippen LogP contribution in [0.1, 0.15) is 56.9 Å². The van der Waals surface area contributed by atoms with Gasteiger partial charge in [-0.25, -0.2) is 4.79 Å². The van der Waals surface area contributed by atoms with E-state index in [0.717, 1.165) is 12.0 Å². The van der Waals surface area contributed by atoms with Crippen molar-refractivity contribution < 1.29 is 14.4 Å². The van der Waals surface area contributed by atoms with Crippen LogP contribution in [0.2, 0.25) is 0 Å². The van der Waals surface area contributed by atoms with E-state index >= 15 is 0 Å². The quantitative estimate of drug-likeness (QED) is 0.779. The van der Waals surface area contributed by atoms with Gasteiger partial charge in [-0.15, -0.1) is 0 Å². The number of carbonyl (C=O) groups is 3. The lowest BCUT2D eigenvalue weighted by atomic mass is 9.72. The normalized spacial score (nSPS) is 20.9. The molecule has 0 aromatic heterocycles. The summed E-state index contributed by atoms with van der Waals surface area (Å²) in [7, 11) is 0. The standard InChI is InChI=1S/C20H26N2O3/c23-17-20(18(24)22-19(25)21-17,13-11-15-7-3-1-4-8-15)14-12-16-9-5-2-6-10-16/h1,3-4,7-8,16H,2,5-6,9-14H2,(H2,21,22,23,24,25). The number of benzene rings is 1. The summed E-state index contributed by atoms with van der Waals surface area (Å²) in [4.78, 5) is 36.8. The molecule has 1 heterocycles. The summed E-state index contributed by atoms with van der Waals surface area (Å²) in [6.07, 6.45) is 8.55. The van der Waals surface area contributed by atoms with Gasteiger partial charge in [0.1, 0.15) is 5.41 Å². The Kier molecular flexibility index (Phi) is 5.51. The van der Waals surface area contributed by atoms with Gasteiger partial charge in [0, 0.05) is 0 Å². The van der Waals surface area contributed by atoms with Crippen molar-refractivity contribution in [2.45, 2.75) is 57.8 Å². The number of barbiturate groups is 1. The maximum absolute atomic E-state index is 12.6. The second-order valence-electron chi connectivity index (χ2n) is 7.35. The third kappa shape index (κ3) is 4.09. The number of rotatable bonds is 6. The zero-order chi connectivity index (χ0) is 17.7. The number of hydrogen-bond donors (Lipinski definition) is 2. The van der Waals surface area contributed by atoms with Crippen molar-refractivity contribution in [2.75, 3.05) is 0 Å². The maximum Gasteiger partial charge on any atom is 0.328 e. The lowest BCUT2D eigenvalue weighted by Crippen LogP contribution is -2.62. The number of imide groups is 2. The summed E-state index contributed by atoms with van der Waals surface area (Å²) >= 11 is 0. The van der Waals surface area contributed by atoms with Crippen LogP contribution in [0.25, 0.3) is 0 Å². The highest BCUT2D eigenvalue weighted by molar-refractivity contribution is 6.19. The third-order valence-corrected chi connectivity index (χ3v) is 5.71. The molecule has 1 aromatic rings. The van der Waals surface area contributed by atoms with Crippen LogP contribution >= 0.6 is 0 Å². The van der Waals surface area contributed by atoms with E-state index in [9.17, 15) is 14.4 Å². The number of hydrogen-bond acceptors (Lipinski definition) is 3. The van der Waals surface area contributed by atoms with Gasteiger partial charge in [0.2, 0.25) is 11.8 Å². The van der Waals surface area contributed by atoms with Crippen LogP contribution in [0.4, 0.5) is 4.79 Å². The Morgan fingerprint density at radius 3 is 2.16 bits per heavy atom. The van der Waals surface area contributed by atoms with Gasteiger partial charge in [0.25, 0.3) is 0 Å². The van der Waals surface area contributed by atoms with Gasteiger partial charge in [-0.3, -0.25) is 20.2 Å². The number of amides is 4. The molecule has 1 saturated heterocycles. The van der Waals surface area contributed by atoms with E-state index in [-0.39, 0.29) is 0 Å². The zero-order valence-electron chi connectivity index (χ0n) is 14.6. The van der Waals surface area contributed by atoms with Gasteiger partial charge in [-0.2, -0.15) is 0 Å². The van der Waals surface area contributed by atoms with Crippen LogP contribution in [0.3, 0.4) is 0 Å². The molecule has 25 heavy (non-hydrogen) atoms. The van der Waals surface area contributed by atoms with Gasteiger partial charge in [-0.05, 0) is 37.2 Å². The fraction of sp³-hybridized carbons (Fsp3) is 0.550. The van der Waals surface area contributed by atoms with Crippen molar-refractivity contribution in [1.29, 1.82) is 0 Å². The van der Waals surface area contributed by atoms with E-state index in [1.807, 2.05) is 30.3 Å². The van der Waals surface area contributed by atoms with E-state index < -0.39 is 23.3 Å². The van der Waals surface area contributed by atoms with Crippen LogP contribution in [0, 0.1) is 11.3 Å². The van der Waals surface area contributed by atoms with Crippen molar-refractivity contribution in [3.8, 4) is 0 Å². The molecule has 3 rings (SSSR count). The molecule has 0 radical (unpaired) electrons. The summed E-state index contributed by atoms with van der Waals surface area (Å²) in [5.41, 5.74) is -0.0432. The number of urea groups is 1. The molecule has 134 valence electrons. The fourth-order valence-electron chi connectivity index (χ4n) is 4.09. The fourth-order valence-corrected chi connectivity index (χ4v) is 4.09. The molecule has 2 aliphatic rings. The number of carbonyl (C=O) groups excluding carboxylic acids is 3. The van der Waals surface area contributed by atoms with E-state index in [1.165, 1.54) is 32.1 Å². The van der Waals surface area contributed by atoms with E-state index in [2.05, 4.69) is 10.6 Å². The monoisotopic (exact) mass is 342 g/mol. The highest BCUT2D eigenvalue weighted by Crippen LogP contribution is 2.37. The Bertz CT molecular complexity index is 616. The van der Waals surface area contributed by atoms with Crippen molar-refractivity contribution in [3.05, 3.63) is 35.9 Å². The Hall–Kier alpha value is -2.17. The summed E-state index contributed by atoms with van der Waals surface area (Å²) < 4.78 is 0. The predicted molar refractivity (Wildman–Crippen MR) is 94.7 cm³/mol. The molecule has 0 bridgehead atoms. The molecule has 2 fully saturated rings. The van der Waals surface area contributed by atoms with E-state index in [4.69, 9.17) is 0 Å². The molecule has 1 aliphatic heterocycles. The molecule has 2 N–H and O–H groups in total. The summed E-state index contributed by atoms with van der Waals surface area (Å²) in [5, 5.41) is 4.63.